The number of aryl methyl sites for hydroxylation is 1. The molecule has 3 rings (SSSR count). The molecule has 4 heteroatoms. The van der Waals surface area contributed by atoms with Gasteiger partial charge in [0.1, 0.15) is 0 Å². The molecule has 1 amide bonds. The van der Waals surface area contributed by atoms with E-state index in [4.69, 9.17) is 0 Å². The van der Waals surface area contributed by atoms with Crippen molar-refractivity contribution in [3.05, 3.63) is 69.6 Å². The first-order valence-electron chi connectivity index (χ1n) is 6.68. The van der Waals surface area contributed by atoms with Crippen LogP contribution in [0.25, 0.3) is 0 Å². The van der Waals surface area contributed by atoms with Crippen LogP contribution < -0.4 is 5.56 Å². The standard InChI is InChI=1S/C16H16N2O2/c1-17-8-6-13(10-15(17)19)16(20)18-9-7-12-4-2-3-5-14(12)11-18/h2-6,8,10H,7,9,11H2,1H3. The van der Waals surface area contributed by atoms with Crippen LogP contribution in [0, 0.1) is 0 Å². The lowest BCUT2D eigenvalue weighted by atomic mass is 9.99. The minimum atomic E-state index is -0.159. The van der Waals surface area contributed by atoms with Crippen LogP contribution in [-0.4, -0.2) is 21.9 Å². The molecule has 102 valence electrons. The molecule has 0 saturated heterocycles. The molecule has 1 aromatic heterocycles. The lowest BCUT2D eigenvalue weighted by molar-refractivity contribution is 0.0734. The Morgan fingerprint density at radius 3 is 2.65 bits per heavy atom. The molecule has 0 radical (unpaired) electrons. The Kier molecular flexibility index (Phi) is 3.14. The zero-order valence-corrected chi connectivity index (χ0v) is 11.4. The van der Waals surface area contributed by atoms with E-state index in [1.807, 2.05) is 12.1 Å². The second kappa shape index (κ2) is 4.96. The Bertz CT molecular complexity index is 718. The SMILES string of the molecule is Cn1ccc(C(=O)N2CCc3ccccc3C2)cc1=O. The number of benzene rings is 1. The van der Waals surface area contributed by atoms with Gasteiger partial charge in [0.2, 0.25) is 0 Å². The number of pyridine rings is 1. The highest BCUT2D eigenvalue weighted by Crippen LogP contribution is 2.19. The minimum absolute atomic E-state index is 0.0720. The number of hydrogen-bond donors (Lipinski definition) is 0. The number of fused-ring (bicyclic) bond motifs is 1. The number of nitrogens with zero attached hydrogens (tertiary/aromatic N) is 2. The van der Waals surface area contributed by atoms with Gasteiger partial charge in [-0.25, -0.2) is 0 Å². The van der Waals surface area contributed by atoms with Crippen molar-refractivity contribution in [3.8, 4) is 0 Å². The third-order valence-corrected chi connectivity index (χ3v) is 3.77. The maximum Gasteiger partial charge on any atom is 0.254 e. The van der Waals surface area contributed by atoms with Crippen molar-refractivity contribution < 1.29 is 4.79 Å². The Morgan fingerprint density at radius 1 is 1.15 bits per heavy atom. The van der Waals surface area contributed by atoms with Gasteiger partial charge in [0, 0.05) is 38.0 Å². The molecule has 0 fully saturated rings. The molecule has 0 atom stereocenters. The highest BCUT2D eigenvalue weighted by atomic mass is 16.2. The van der Waals surface area contributed by atoms with Crippen LogP contribution in [0.1, 0.15) is 21.5 Å². The summed E-state index contributed by atoms with van der Waals surface area (Å²) in [6.07, 6.45) is 2.50. The van der Waals surface area contributed by atoms with Crippen LogP contribution in [0.5, 0.6) is 0 Å². The lowest BCUT2D eigenvalue weighted by Crippen LogP contribution is -2.36. The van der Waals surface area contributed by atoms with Gasteiger partial charge in [-0.1, -0.05) is 24.3 Å². The van der Waals surface area contributed by atoms with Crippen molar-refractivity contribution >= 4 is 5.91 Å². The maximum absolute atomic E-state index is 12.5. The summed E-state index contributed by atoms with van der Waals surface area (Å²) in [6, 6.07) is 11.3. The van der Waals surface area contributed by atoms with Crippen LogP contribution in [-0.2, 0) is 20.0 Å². The average Bonchev–Trinajstić information content (AvgIpc) is 2.49. The Hall–Kier alpha value is -2.36. The molecule has 1 aliphatic rings. The fourth-order valence-corrected chi connectivity index (χ4v) is 2.53. The molecule has 0 bridgehead atoms. The molecule has 0 unspecified atom stereocenters. The van der Waals surface area contributed by atoms with Gasteiger partial charge in [0.05, 0.1) is 0 Å². The minimum Gasteiger partial charge on any atom is -0.334 e. The van der Waals surface area contributed by atoms with E-state index in [-0.39, 0.29) is 11.5 Å². The van der Waals surface area contributed by atoms with Crippen LogP contribution in [0.3, 0.4) is 0 Å². The fraction of sp³-hybridized carbons (Fsp3) is 0.250. The summed E-state index contributed by atoms with van der Waals surface area (Å²) in [4.78, 5) is 25.9. The first kappa shape index (κ1) is 12.7. The topological polar surface area (TPSA) is 42.3 Å². The van der Waals surface area contributed by atoms with E-state index in [0.29, 0.717) is 18.7 Å². The molecule has 1 aromatic carbocycles. The second-order valence-electron chi connectivity index (χ2n) is 5.11. The quantitative estimate of drug-likeness (QED) is 0.788. The van der Waals surface area contributed by atoms with Crippen molar-refractivity contribution in [1.29, 1.82) is 0 Å². The van der Waals surface area contributed by atoms with Gasteiger partial charge in [-0.3, -0.25) is 9.59 Å². The summed E-state index contributed by atoms with van der Waals surface area (Å²) in [5.41, 5.74) is 2.80. The molecule has 2 aromatic rings. The molecule has 0 N–H and O–H groups in total. The number of rotatable bonds is 1. The number of hydrogen-bond acceptors (Lipinski definition) is 2. The number of carbonyl (C=O) groups excluding carboxylic acids is 1. The Morgan fingerprint density at radius 2 is 1.90 bits per heavy atom. The predicted molar refractivity (Wildman–Crippen MR) is 76.6 cm³/mol. The zero-order chi connectivity index (χ0) is 14.1. The monoisotopic (exact) mass is 268 g/mol. The number of carbonyl (C=O) groups is 1. The Labute approximate surface area is 117 Å². The number of amides is 1. The van der Waals surface area contributed by atoms with Crippen molar-refractivity contribution in [2.75, 3.05) is 6.54 Å². The van der Waals surface area contributed by atoms with Crippen molar-refractivity contribution in [2.24, 2.45) is 7.05 Å². The van der Waals surface area contributed by atoms with Crippen molar-refractivity contribution in [2.45, 2.75) is 13.0 Å². The van der Waals surface area contributed by atoms with Crippen LogP contribution in [0.2, 0.25) is 0 Å². The molecule has 0 saturated carbocycles. The maximum atomic E-state index is 12.5. The number of aromatic nitrogens is 1. The molecule has 2 heterocycles. The summed E-state index contributed by atoms with van der Waals surface area (Å²) in [5.74, 6) is -0.0720. The molecule has 1 aliphatic heterocycles. The van der Waals surface area contributed by atoms with Gasteiger partial charge >= 0.3 is 0 Å². The molecular formula is C16H16N2O2. The molecule has 0 aliphatic carbocycles. The second-order valence-corrected chi connectivity index (χ2v) is 5.11. The van der Waals surface area contributed by atoms with E-state index in [0.717, 1.165) is 6.42 Å². The summed E-state index contributed by atoms with van der Waals surface area (Å²) < 4.78 is 1.46. The summed E-state index contributed by atoms with van der Waals surface area (Å²) in [7, 11) is 1.67. The highest BCUT2D eigenvalue weighted by molar-refractivity contribution is 5.94. The van der Waals surface area contributed by atoms with Gasteiger partial charge in [0.25, 0.3) is 11.5 Å². The molecular weight excluding hydrogens is 252 g/mol. The predicted octanol–water partition coefficient (Wildman–Crippen LogP) is 1.58. The van der Waals surface area contributed by atoms with E-state index < -0.39 is 0 Å². The first-order chi connectivity index (χ1) is 9.65. The van der Waals surface area contributed by atoms with E-state index in [1.54, 1.807) is 24.2 Å². The normalized spacial score (nSPS) is 13.9. The van der Waals surface area contributed by atoms with Gasteiger partial charge in [0.15, 0.2) is 0 Å². The largest absolute Gasteiger partial charge is 0.334 e. The van der Waals surface area contributed by atoms with Crippen molar-refractivity contribution in [3.63, 3.8) is 0 Å². The van der Waals surface area contributed by atoms with Crippen LogP contribution in [0.4, 0.5) is 0 Å². The fourth-order valence-electron chi connectivity index (χ4n) is 2.53. The lowest BCUT2D eigenvalue weighted by Gasteiger charge is -2.28. The zero-order valence-electron chi connectivity index (χ0n) is 11.4. The smallest absolute Gasteiger partial charge is 0.254 e. The van der Waals surface area contributed by atoms with E-state index >= 15 is 0 Å². The van der Waals surface area contributed by atoms with E-state index in [9.17, 15) is 9.59 Å². The summed E-state index contributed by atoms with van der Waals surface area (Å²) >= 11 is 0. The average molecular weight is 268 g/mol. The van der Waals surface area contributed by atoms with Crippen molar-refractivity contribution in [1.82, 2.24) is 9.47 Å². The molecule has 4 nitrogen and oxygen atoms in total. The first-order valence-corrected chi connectivity index (χ1v) is 6.68. The van der Waals surface area contributed by atoms with Gasteiger partial charge in [-0.05, 0) is 23.6 Å². The third kappa shape index (κ3) is 2.25. The van der Waals surface area contributed by atoms with Crippen LogP contribution in [0.15, 0.2) is 47.4 Å². The van der Waals surface area contributed by atoms with E-state index in [1.165, 1.54) is 21.8 Å². The van der Waals surface area contributed by atoms with Gasteiger partial charge < -0.3 is 9.47 Å². The van der Waals surface area contributed by atoms with Gasteiger partial charge in [-0.2, -0.15) is 0 Å². The molecule has 0 spiro atoms. The highest BCUT2D eigenvalue weighted by Gasteiger charge is 2.21. The van der Waals surface area contributed by atoms with Crippen LogP contribution >= 0.6 is 0 Å². The van der Waals surface area contributed by atoms with Gasteiger partial charge in [-0.15, -0.1) is 0 Å². The summed E-state index contributed by atoms with van der Waals surface area (Å²) in [6.45, 7) is 1.31. The molecule has 20 heavy (non-hydrogen) atoms. The van der Waals surface area contributed by atoms with E-state index in [2.05, 4.69) is 12.1 Å². The third-order valence-electron chi connectivity index (χ3n) is 3.77. The Balaban J connectivity index is 1.85. The summed E-state index contributed by atoms with van der Waals surface area (Å²) in [5, 5.41) is 0.